The van der Waals surface area contributed by atoms with Gasteiger partial charge in [0.1, 0.15) is 6.54 Å². The number of carbonyl (C=O) groups excluding carboxylic acids is 2. The molecule has 162 valence electrons. The predicted molar refractivity (Wildman–Crippen MR) is 124 cm³/mol. The van der Waals surface area contributed by atoms with Gasteiger partial charge >= 0.3 is 0 Å². The summed E-state index contributed by atoms with van der Waals surface area (Å²) < 4.78 is 0. The molecule has 4 rings (SSSR count). The van der Waals surface area contributed by atoms with Crippen molar-refractivity contribution in [2.75, 3.05) is 32.7 Å². The topological polar surface area (TPSA) is 43.9 Å². The number of benzene rings is 2. The molecule has 2 aliphatic heterocycles. The number of hydrogen-bond acceptors (Lipinski definition) is 3. The van der Waals surface area contributed by atoms with E-state index in [0.29, 0.717) is 34.4 Å². The van der Waals surface area contributed by atoms with Gasteiger partial charge in [-0.2, -0.15) is 0 Å². The van der Waals surface area contributed by atoms with Crippen LogP contribution in [0.2, 0.25) is 10.0 Å². The maximum atomic E-state index is 13.3. The van der Waals surface area contributed by atoms with Crippen molar-refractivity contribution < 1.29 is 9.59 Å². The molecule has 2 heterocycles. The van der Waals surface area contributed by atoms with Gasteiger partial charge in [-0.15, -0.1) is 0 Å². The SMILES string of the molecule is C=C1c2ccccc2C(=O)N1CC(=O)N(CCN1CCCC1)Cc1ccc(Cl)c(Cl)c1. The summed E-state index contributed by atoms with van der Waals surface area (Å²) in [4.78, 5) is 31.8. The van der Waals surface area contributed by atoms with Crippen LogP contribution in [0.4, 0.5) is 0 Å². The van der Waals surface area contributed by atoms with Gasteiger partial charge in [0.05, 0.1) is 10.0 Å². The molecule has 7 heteroatoms. The molecular formula is C24H25Cl2N3O2. The fourth-order valence-electron chi connectivity index (χ4n) is 4.16. The molecule has 0 bridgehead atoms. The first kappa shape index (κ1) is 21.9. The Labute approximate surface area is 192 Å². The zero-order chi connectivity index (χ0) is 22.0. The summed E-state index contributed by atoms with van der Waals surface area (Å²) in [7, 11) is 0. The van der Waals surface area contributed by atoms with Crippen molar-refractivity contribution in [2.24, 2.45) is 0 Å². The molecule has 0 unspecified atom stereocenters. The summed E-state index contributed by atoms with van der Waals surface area (Å²) in [6, 6.07) is 12.7. The van der Waals surface area contributed by atoms with Crippen molar-refractivity contribution in [3.05, 3.63) is 75.8 Å². The van der Waals surface area contributed by atoms with Crippen LogP contribution in [0.1, 0.15) is 34.3 Å². The Balaban J connectivity index is 1.49. The Morgan fingerprint density at radius 2 is 1.74 bits per heavy atom. The van der Waals surface area contributed by atoms with Gasteiger partial charge in [0.2, 0.25) is 5.91 Å². The van der Waals surface area contributed by atoms with Gasteiger partial charge in [0.25, 0.3) is 5.91 Å². The first-order valence-corrected chi connectivity index (χ1v) is 11.2. The van der Waals surface area contributed by atoms with Crippen LogP contribution in [-0.4, -0.2) is 59.2 Å². The number of carbonyl (C=O) groups is 2. The van der Waals surface area contributed by atoms with Crippen LogP contribution in [-0.2, 0) is 11.3 Å². The monoisotopic (exact) mass is 457 g/mol. The van der Waals surface area contributed by atoms with Crippen LogP contribution in [0.25, 0.3) is 5.70 Å². The van der Waals surface area contributed by atoms with Gasteiger partial charge in [0.15, 0.2) is 0 Å². The fraction of sp³-hybridized carbons (Fsp3) is 0.333. The number of fused-ring (bicyclic) bond motifs is 1. The second-order valence-electron chi connectivity index (χ2n) is 8.00. The third kappa shape index (κ3) is 4.79. The zero-order valence-corrected chi connectivity index (χ0v) is 18.8. The molecule has 0 radical (unpaired) electrons. The summed E-state index contributed by atoms with van der Waals surface area (Å²) >= 11 is 12.2. The lowest BCUT2D eigenvalue weighted by Crippen LogP contribution is -2.43. The molecule has 1 saturated heterocycles. The Morgan fingerprint density at radius 3 is 2.42 bits per heavy atom. The van der Waals surface area contributed by atoms with Crippen molar-refractivity contribution in [3.63, 3.8) is 0 Å². The number of likely N-dealkylation sites (tertiary alicyclic amines) is 1. The summed E-state index contributed by atoms with van der Waals surface area (Å²) in [5, 5.41) is 0.946. The quantitative estimate of drug-likeness (QED) is 0.612. The van der Waals surface area contributed by atoms with Crippen LogP contribution in [0.15, 0.2) is 49.0 Å². The van der Waals surface area contributed by atoms with Crippen LogP contribution < -0.4 is 0 Å². The molecule has 0 aromatic heterocycles. The zero-order valence-electron chi connectivity index (χ0n) is 17.3. The van der Waals surface area contributed by atoms with Gasteiger partial charge in [-0.1, -0.05) is 54.0 Å². The lowest BCUT2D eigenvalue weighted by Gasteiger charge is -2.28. The third-order valence-electron chi connectivity index (χ3n) is 5.93. The van der Waals surface area contributed by atoms with Crippen molar-refractivity contribution in [1.29, 1.82) is 0 Å². The highest BCUT2D eigenvalue weighted by molar-refractivity contribution is 6.42. The average molecular weight is 458 g/mol. The lowest BCUT2D eigenvalue weighted by molar-refractivity contribution is -0.132. The van der Waals surface area contributed by atoms with Crippen molar-refractivity contribution >= 4 is 40.7 Å². The van der Waals surface area contributed by atoms with Gasteiger partial charge in [-0.3, -0.25) is 14.5 Å². The maximum Gasteiger partial charge on any atom is 0.259 e. The summed E-state index contributed by atoms with van der Waals surface area (Å²) in [5.41, 5.74) is 2.85. The summed E-state index contributed by atoms with van der Waals surface area (Å²) in [6.45, 7) is 7.94. The Kier molecular flexibility index (Phi) is 6.65. The number of rotatable bonds is 7. The number of halogens is 2. The second-order valence-corrected chi connectivity index (χ2v) is 8.81. The molecule has 2 aromatic rings. The van der Waals surface area contributed by atoms with Crippen LogP contribution in [0, 0.1) is 0 Å². The lowest BCUT2D eigenvalue weighted by atomic mass is 10.1. The number of hydrogen-bond donors (Lipinski definition) is 0. The number of nitrogens with zero attached hydrogens (tertiary/aromatic N) is 3. The first-order valence-electron chi connectivity index (χ1n) is 10.5. The molecule has 0 saturated carbocycles. The molecule has 0 aliphatic carbocycles. The molecular weight excluding hydrogens is 433 g/mol. The van der Waals surface area contributed by atoms with Gasteiger partial charge in [-0.25, -0.2) is 0 Å². The van der Waals surface area contributed by atoms with Crippen molar-refractivity contribution in [3.8, 4) is 0 Å². The maximum absolute atomic E-state index is 13.3. The van der Waals surface area contributed by atoms with E-state index in [0.717, 1.165) is 30.8 Å². The van der Waals surface area contributed by atoms with E-state index in [2.05, 4.69) is 11.5 Å². The predicted octanol–water partition coefficient (Wildman–Crippen LogP) is 4.54. The first-order chi connectivity index (χ1) is 14.9. The van der Waals surface area contributed by atoms with E-state index in [1.54, 1.807) is 23.1 Å². The van der Waals surface area contributed by atoms with E-state index in [4.69, 9.17) is 23.2 Å². The minimum Gasteiger partial charge on any atom is -0.336 e. The standard InChI is InChI=1S/C24H25Cl2N3O2/c1-17-19-6-2-3-7-20(19)24(31)29(17)16-23(30)28(13-12-27-10-4-5-11-27)15-18-8-9-21(25)22(26)14-18/h2-3,6-9,14H,1,4-5,10-13,15-16H2. The van der Waals surface area contributed by atoms with Crippen LogP contribution in [0.3, 0.4) is 0 Å². The molecule has 2 aromatic carbocycles. The van der Waals surface area contributed by atoms with E-state index in [1.165, 1.54) is 17.7 Å². The minimum absolute atomic E-state index is 0.0341. The van der Waals surface area contributed by atoms with Gasteiger partial charge < -0.3 is 9.80 Å². The second kappa shape index (κ2) is 9.43. The van der Waals surface area contributed by atoms with Crippen molar-refractivity contribution in [1.82, 2.24) is 14.7 Å². The van der Waals surface area contributed by atoms with E-state index < -0.39 is 0 Å². The molecule has 0 N–H and O–H groups in total. The molecule has 2 aliphatic rings. The normalized spacial score (nSPS) is 16.1. The highest BCUT2D eigenvalue weighted by Crippen LogP contribution is 2.31. The van der Waals surface area contributed by atoms with E-state index in [9.17, 15) is 9.59 Å². The molecule has 31 heavy (non-hydrogen) atoms. The van der Waals surface area contributed by atoms with E-state index >= 15 is 0 Å². The fourth-order valence-corrected chi connectivity index (χ4v) is 4.48. The smallest absolute Gasteiger partial charge is 0.259 e. The average Bonchev–Trinajstić information content (AvgIpc) is 3.37. The van der Waals surface area contributed by atoms with Gasteiger partial charge in [0, 0.05) is 36.5 Å². The molecule has 1 fully saturated rings. The Bertz CT molecular complexity index is 983. The van der Waals surface area contributed by atoms with Crippen LogP contribution >= 0.6 is 23.2 Å². The summed E-state index contributed by atoms with van der Waals surface area (Å²) in [6.07, 6.45) is 2.39. The Morgan fingerprint density at radius 1 is 1.03 bits per heavy atom. The molecule has 0 spiro atoms. The minimum atomic E-state index is -0.178. The highest BCUT2D eigenvalue weighted by atomic mass is 35.5. The Hall–Kier alpha value is -2.34. The highest BCUT2D eigenvalue weighted by Gasteiger charge is 2.33. The molecule has 5 nitrogen and oxygen atoms in total. The molecule has 0 atom stereocenters. The van der Waals surface area contributed by atoms with Crippen LogP contribution in [0.5, 0.6) is 0 Å². The van der Waals surface area contributed by atoms with E-state index in [1.807, 2.05) is 24.3 Å². The van der Waals surface area contributed by atoms with Gasteiger partial charge in [-0.05, 0) is 49.7 Å². The largest absolute Gasteiger partial charge is 0.336 e. The number of amides is 2. The van der Waals surface area contributed by atoms with E-state index in [-0.39, 0.29) is 18.4 Å². The third-order valence-corrected chi connectivity index (χ3v) is 6.67. The van der Waals surface area contributed by atoms with Crippen molar-refractivity contribution in [2.45, 2.75) is 19.4 Å². The molecule has 2 amide bonds. The summed E-state index contributed by atoms with van der Waals surface area (Å²) in [5.74, 6) is -0.296.